The van der Waals surface area contributed by atoms with Crippen LogP contribution in [-0.4, -0.2) is 43.2 Å². The number of nitrogens with zero attached hydrogens (tertiary/aromatic N) is 6. The van der Waals surface area contributed by atoms with Gasteiger partial charge in [-0.05, 0) is 57.7 Å². The van der Waals surface area contributed by atoms with Crippen molar-refractivity contribution < 1.29 is 4.79 Å². The fourth-order valence-corrected chi connectivity index (χ4v) is 5.33. The van der Waals surface area contributed by atoms with Gasteiger partial charge in [0.15, 0.2) is 0 Å². The fourth-order valence-electron chi connectivity index (χ4n) is 5.33. The van der Waals surface area contributed by atoms with Crippen LogP contribution in [0.15, 0.2) is 24.4 Å². The van der Waals surface area contributed by atoms with Crippen molar-refractivity contribution >= 4 is 17.4 Å². The normalized spacial score (nSPS) is 19.5. The maximum atomic E-state index is 12.8. The molecule has 5 heterocycles. The van der Waals surface area contributed by atoms with E-state index in [0.717, 1.165) is 60.2 Å². The molecule has 2 aliphatic heterocycles. The van der Waals surface area contributed by atoms with Crippen molar-refractivity contribution in [3.63, 3.8) is 0 Å². The van der Waals surface area contributed by atoms with Crippen LogP contribution in [0.25, 0.3) is 5.65 Å². The Kier molecular flexibility index (Phi) is 5.91. The second kappa shape index (κ2) is 8.86. The third-order valence-corrected chi connectivity index (χ3v) is 7.00. The lowest BCUT2D eigenvalue weighted by atomic mass is 9.98. The third kappa shape index (κ3) is 4.14. The topological polar surface area (TPSA) is 66.6 Å². The summed E-state index contributed by atoms with van der Waals surface area (Å²) in [5.41, 5.74) is 5.44. The summed E-state index contributed by atoms with van der Waals surface area (Å²) >= 11 is 0. The Hall–Kier alpha value is -2.80. The molecule has 0 radical (unpaired) electrons. The molecule has 2 aliphatic rings. The van der Waals surface area contributed by atoms with Gasteiger partial charge in [0.2, 0.25) is 5.91 Å². The lowest BCUT2D eigenvalue weighted by Gasteiger charge is -2.36. The molecule has 0 N–H and O–H groups in total. The van der Waals surface area contributed by atoms with Gasteiger partial charge in [0, 0.05) is 37.0 Å². The number of aromatic nitrogens is 4. The van der Waals surface area contributed by atoms with E-state index in [1.54, 1.807) is 0 Å². The largest absolute Gasteiger partial charge is 0.302 e. The SMILES string of the molecule is Cc1nc(C2CCCCN2Cc2c(C)nc3ccccn23)nc2c1CCC(=O)N2CC(C)C. The minimum Gasteiger partial charge on any atom is -0.302 e. The highest BCUT2D eigenvalue weighted by molar-refractivity contribution is 5.95. The number of pyridine rings is 1. The highest BCUT2D eigenvalue weighted by Gasteiger charge is 2.32. The number of amides is 1. The zero-order valence-electron chi connectivity index (χ0n) is 20.2. The van der Waals surface area contributed by atoms with E-state index < -0.39 is 0 Å². The first kappa shape index (κ1) is 22.0. The Labute approximate surface area is 195 Å². The second-order valence-corrected chi connectivity index (χ2v) is 9.92. The molecule has 5 rings (SSSR count). The molecule has 1 fully saturated rings. The van der Waals surface area contributed by atoms with Gasteiger partial charge in [-0.3, -0.25) is 14.6 Å². The van der Waals surface area contributed by atoms with Gasteiger partial charge in [0.25, 0.3) is 0 Å². The molecule has 1 atom stereocenters. The van der Waals surface area contributed by atoms with E-state index in [4.69, 9.17) is 15.0 Å². The molecular weight excluding hydrogens is 412 g/mol. The number of imidazole rings is 1. The summed E-state index contributed by atoms with van der Waals surface area (Å²) in [6.07, 6.45) is 6.76. The van der Waals surface area contributed by atoms with Crippen molar-refractivity contribution in [1.82, 2.24) is 24.3 Å². The van der Waals surface area contributed by atoms with Crippen LogP contribution in [0, 0.1) is 19.8 Å². The molecule has 3 aromatic heterocycles. The van der Waals surface area contributed by atoms with Crippen LogP contribution in [0.2, 0.25) is 0 Å². The summed E-state index contributed by atoms with van der Waals surface area (Å²) in [5, 5.41) is 0. The van der Waals surface area contributed by atoms with Crippen molar-refractivity contribution in [2.75, 3.05) is 18.0 Å². The molecule has 1 saturated heterocycles. The molecular formula is C26H34N6O. The molecule has 1 unspecified atom stereocenters. The first-order valence-corrected chi connectivity index (χ1v) is 12.3. The molecule has 0 aromatic carbocycles. The molecule has 0 spiro atoms. The monoisotopic (exact) mass is 446 g/mol. The van der Waals surface area contributed by atoms with Gasteiger partial charge >= 0.3 is 0 Å². The average molecular weight is 447 g/mol. The number of aryl methyl sites for hydroxylation is 2. The highest BCUT2D eigenvalue weighted by Crippen LogP contribution is 2.35. The number of carbonyl (C=O) groups is 1. The first-order valence-electron chi connectivity index (χ1n) is 12.3. The van der Waals surface area contributed by atoms with Gasteiger partial charge in [-0.1, -0.05) is 26.3 Å². The van der Waals surface area contributed by atoms with Crippen LogP contribution in [0.3, 0.4) is 0 Å². The quantitative estimate of drug-likeness (QED) is 0.581. The summed E-state index contributed by atoms with van der Waals surface area (Å²) < 4.78 is 2.20. The van der Waals surface area contributed by atoms with Crippen LogP contribution >= 0.6 is 0 Å². The Morgan fingerprint density at radius 1 is 1.06 bits per heavy atom. The minimum atomic E-state index is 0.148. The lowest BCUT2D eigenvalue weighted by molar-refractivity contribution is -0.119. The van der Waals surface area contributed by atoms with E-state index in [9.17, 15) is 4.79 Å². The summed E-state index contributed by atoms with van der Waals surface area (Å²) in [7, 11) is 0. The number of rotatable bonds is 5. The Bertz CT molecular complexity index is 1180. The molecule has 0 saturated carbocycles. The van der Waals surface area contributed by atoms with E-state index in [1.807, 2.05) is 11.0 Å². The van der Waals surface area contributed by atoms with Crippen molar-refractivity contribution in [2.24, 2.45) is 5.92 Å². The number of piperidine rings is 1. The predicted molar refractivity (Wildman–Crippen MR) is 129 cm³/mol. The van der Waals surface area contributed by atoms with Crippen LogP contribution in [0.1, 0.15) is 74.0 Å². The third-order valence-electron chi connectivity index (χ3n) is 7.00. The first-order chi connectivity index (χ1) is 15.9. The number of carbonyl (C=O) groups excluding carboxylic acids is 1. The number of hydrogen-bond donors (Lipinski definition) is 0. The maximum absolute atomic E-state index is 12.8. The molecule has 7 nitrogen and oxygen atoms in total. The highest BCUT2D eigenvalue weighted by atomic mass is 16.2. The van der Waals surface area contributed by atoms with Gasteiger partial charge in [-0.15, -0.1) is 0 Å². The standard InChI is InChI=1S/C26H34N6O/c1-17(2)15-32-24(33)12-11-20-18(3)28-25(29-26(20)32)21-9-5-7-13-30(21)16-22-19(4)27-23-10-6-8-14-31(22)23/h6,8,10,14,17,21H,5,7,9,11-13,15-16H2,1-4H3. The van der Waals surface area contributed by atoms with Crippen molar-refractivity contribution in [2.45, 2.75) is 72.4 Å². The van der Waals surface area contributed by atoms with E-state index in [0.29, 0.717) is 18.9 Å². The molecule has 0 aliphatic carbocycles. The molecule has 0 bridgehead atoms. The molecule has 1 amide bonds. The summed E-state index contributed by atoms with van der Waals surface area (Å²) in [6.45, 7) is 11.0. The van der Waals surface area contributed by atoms with Crippen molar-refractivity contribution in [3.8, 4) is 0 Å². The number of hydrogen-bond acceptors (Lipinski definition) is 5. The molecule has 7 heteroatoms. The van der Waals surface area contributed by atoms with E-state index >= 15 is 0 Å². The van der Waals surface area contributed by atoms with E-state index in [2.05, 4.69) is 55.3 Å². The summed E-state index contributed by atoms with van der Waals surface area (Å²) in [5.74, 6) is 2.28. The summed E-state index contributed by atoms with van der Waals surface area (Å²) in [4.78, 5) is 32.0. The molecule has 174 valence electrons. The average Bonchev–Trinajstić information content (AvgIpc) is 3.11. The fraction of sp³-hybridized carbons (Fsp3) is 0.538. The Morgan fingerprint density at radius 2 is 1.91 bits per heavy atom. The zero-order valence-corrected chi connectivity index (χ0v) is 20.2. The number of anilines is 1. The van der Waals surface area contributed by atoms with Crippen LogP contribution in [0.5, 0.6) is 0 Å². The predicted octanol–water partition coefficient (Wildman–Crippen LogP) is 4.40. The van der Waals surface area contributed by atoms with Crippen LogP contribution < -0.4 is 4.90 Å². The lowest BCUT2D eigenvalue weighted by Crippen LogP contribution is -2.40. The number of likely N-dealkylation sites (tertiary alicyclic amines) is 1. The minimum absolute atomic E-state index is 0.148. The Balaban J connectivity index is 1.51. The second-order valence-electron chi connectivity index (χ2n) is 9.92. The van der Waals surface area contributed by atoms with Gasteiger partial charge in [-0.2, -0.15) is 0 Å². The number of fused-ring (bicyclic) bond motifs is 2. The Morgan fingerprint density at radius 3 is 2.73 bits per heavy atom. The smallest absolute Gasteiger partial charge is 0.228 e. The van der Waals surface area contributed by atoms with Crippen LogP contribution in [-0.2, 0) is 17.8 Å². The van der Waals surface area contributed by atoms with E-state index in [-0.39, 0.29) is 11.9 Å². The maximum Gasteiger partial charge on any atom is 0.228 e. The van der Waals surface area contributed by atoms with Gasteiger partial charge < -0.3 is 4.40 Å². The van der Waals surface area contributed by atoms with E-state index in [1.165, 1.54) is 18.5 Å². The van der Waals surface area contributed by atoms with Gasteiger partial charge in [-0.25, -0.2) is 15.0 Å². The molecule has 3 aromatic rings. The summed E-state index contributed by atoms with van der Waals surface area (Å²) in [6, 6.07) is 6.29. The van der Waals surface area contributed by atoms with Gasteiger partial charge in [0.1, 0.15) is 17.3 Å². The molecule has 33 heavy (non-hydrogen) atoms. The zero-order chi connectivity index (χ0) is 23.1. The van der Waals surface area contributed by atoms with Crippen molar-refractivity contribution in [3.05, 3.63) is 52.9 Å². The van der Waals surface area contributed by atoms with Crippen molar-refractivity contribution in [1.29, 1.82) is 0 Å². The van der Waals surface area contributed by atoms with Gasteiger partial charge in [0.05, 0.1) is 17.4 Å². The van der Waals surface area contributed by atoms with Crippen LogP contribution in [0.4, 0.5) is 5.82 Å².